The van der Waals surface area contributed by atoms with E-state index >= 15 is 0 Å². The molecule has 0 radical (unpaired) electrons. The third-order valence-electron chi connectivity index (χ3n) is 3.85. The van der Waals surface area contributed by atoms with E-state index in [-0.39, 0.29) is 5.54 Å². The molecule has 2 rings (SSSR count). The average molecular weight is 314 g/mol. The summed E-state index contributed by atoms with van der Waals surface area (Å²) >= 11 is 3.56. The van der Waals surface area contributed by atoms with Crippen LogP contribution in [0.2, 0.25) is 0 Å². The lowest BCUT2D eigenvalue weighted by Crippen LogP contribution is -2.33. The number of benzene rings is 1. The van der Waals surface area contributed by atoms with Gasteiger partial charge in [-0.05, 0) is 41.8 Å². The molecule has 3 nitrogen and oxygen atoms in total. The molecule has 0 spiro atoms. The van der Waals surface area contributed by atoms with Crippen LogP contribution in [0.1, 0.15) is 36.8 Å². The molecule has 1 aliphatic rings. The summed E-state index contributed by atoms with van der Waals surface area (Å²) in [5.74, 6) is 1.68. The van der Waals surface area contributed by atoms with Crippen molar-refractivity contribution in [2.24, 2.45) is 5.73 Å². The molecule has 0 aromatic heterocycles. The molecule has 0 unspecified atom stereocenters. The smallest absolute Gasteiger partial charge is 0.139 e. The molecule has 4 heteroatoms. The Morgan fingerprint density at radius 1 is 1.17 bits per heavy atom. The van der Waals surface area contributed by atoms with Crippen molar-refractivity contribution < 1.29 is 9.47 Å². The van der Waals surface area contributed by atoms with Crippen molar-refractivity contribution in [3.63, 3.8) is 0 Å². The molecule has 0 aliphatic heterocycles. The van der Waals surface area contributed by atoms with Gasteiger partial charge in [-0.15, -0.1) is 0 Å². The molecule has 0 heterocycles. The first-order valence-corrected chi connectivity index (χ1v) is 7.03. The van der Waals surface area contributed by atoms with Gasteiger partial charge in [0.2, 0.25) is 0 Å². The first-order valence-electron chi connectivity index (χ1n) is 6.24. The maximum Gasteiger partial charge on any atom is 0.139 e. The Morgan fingerprint density at radius 2 is 1.72 bits per heavy atom. The second-order valence-corrected chi connectivity index (χ2v) is 5.82. The lowest BCUT2D eigenvalue weighted by atomic mass is 9.87. The van der Waals surface area contributed by atoms with Gasteiger partial charge in [0.25, 0.3) is 0 Å². The van der Waals surface area contributed by atoms with E-state index in [0.29, 0.717) is 0 Å². The topological polar surface area (TPSA) is 44.5 Å². The fraction of sp³-hybridized carbons (Fsp3) is 0.571. The minimum absolute atomic E-state index is 0.259. The van der Waals surface area contributed by atoms with E-state index in [9.17, 15) is 0 Å². The van der Waals surface area contributed by atoms with Crippen molar-refractivity contribution >= 4 is 15.9 Å². The lowest BCUT2D eigenvalue weighted by molar-refractivity contribution is 0.364. The molecule has 18 heavy (non-hydrogen) atoms. The highest BCUT2D eigenvalue weighted by Crippen LogP contribution is 2.46. The first-order chi connectivity index (χ1) is 8.53. The van der Waals surface area contributed by atoms with Gasteiger partial charge in [-0.2, -0.15) is 0 Å². The van der Waals surface area contributed by atoms with Crippen LogP contribution in [0.4, 0.5) is 0 Å². The van der Waals surface area contributed by atoms with Gasteiger partial charge in [0.15, 0.2) is 0 Å². The van der Waals surface area contributed by atoms with Crippen LogP contribution < -0.4 is 15.2 Å². The third kappa shape index (κ3) is 2.12. The summed E-state index contributed by atoms with van der Waals surface area (Å²) in [7, 11) is 3.36. The molecule has 2 N–H and O–H groups in total. The zero-order valence-corrected chi connectivity index (χ0v) is 12.8. The molecule has 1 aromatic carbocycles. The van der Waals surface area contributed by atoms with Crippen molar-refractivity contribution in [1.82, 2.24) is 0 Å². The fourth-order valence-electron chi connectivity index (χ4n) is 2.90. The molecule has 1 aromatic rings. The SMILES string of the molecule is COc1c(Br)cc(C2(N)CCCC2)c(OC)c1C. The van der Waals surface area contributed by atoms with Crippen LogP contribution in [0.25, 0.3) is 0 Å². The fourth-order valence-corrected chi connectivity index (χ4v) is 3.59. The number of hydrogen-bond acceptors (Lipinski definition) is 3. The highest BCUT2D eigenvalue weighted by molar-refractivity contribution is 9.10. The number of ether oxygens (including phenoxy) is 2. The Kier molecular flexibility index (Phi) is 3.87. The first kappa shape index (κ1) is 13.7. The summed E-state index contributed by atoms with van der Waals surface area (Å²) in [5.41, 5.74) is 8.38. The molecule has 100 valence electrons. The standard InChI is InChI=1S/C14H20BrNO2/c1-9-12(17-2)10(8-11(15)13(9)18-3)14(16)6-4-5-7-14/h8H,4-7,16H2,1-3H3. The van der Waals surface area contributed by atoms with E-state index in [1.807, 2.05) is 6.92 Å². The summed E-state index contributed by atoms with van der Waals surface area (Å²) < 4.78 is 11.9. The highest BCUT2D eigenvalue weighted by Gasteiger charge is 2.35. The van der Waals surface area contributed by atoms with Crippen LogP contribution >= 0.6 is 15.9 Å². The van der Waals surface area contributed by atoms with Gasteiger partial charge in [0, 0.05) is 16.7 Å². The third-order valence-corrected chi connectivity index (χ3v) is 4.44. The molecule has 1 saturated carbocycles. The number of methoxy groups -OCH3 is 2. The van der Waals surface area contributed by atoms with E-state index in [0.717, 1.165) is 39.9 Å². The summed E-state index contributed by atoms with van der Waals surface area (Å²) in [6, 6.07) is 2.05. The predicted octanol–water partition coefficient (Wildman–Crippen LogP) is 3.50. The van der Waals surface area contributed by atoms with E-state index < -0.39 is 0 Å². The monoisotopic (exact) mass is 313 g/mol. The van der Waals surface area contributed by atoms with Crippen LogP contribution in [0.5, 0.6) is 11.5 Å². The largest absolute Gasteiger partial charge is 0.496 e. The molecule has 0 amide bonds. The number of hydrogen-bond donors (Lipinski definition) is 1. The summed E-state index contributed by atoms with van der Waals surface area (Å²) in [6.07, 6.45) is 4.40. The summed E-state index contributed by atoms with van der Waals surface area (Å²) in [5, 5.41) is 0. The second kappa shape index (κ2) is 5.10. The van der Waals surface area contributed by atoms with Crippen LogP contribution in [0.15, 0.2) is 10.5 Å². The summed E-state index contributed by atoms with van der Waals surface area (Å²) in [4.78, 5) is 0. The Balaban J connectivity index is 2.60. The van der Waals surface area contributed by atoms with Crippen molar-refractivity contribution in [3.8, 4) is 11.5 Å². The van der Waals surface area contributed by atoms with Gasteiger partial charge < -0.3 is 15.2 Å². The van der Waals surface area contributed by atoms with Gasteiger partial charge in [-0.1, -0.05) is 12.8 Å². The van der Waals surface area contributed by atoms with Crippen LogP contribution in [-0.4, -0.2) is 14.2 Å². The zero-order chi connectivity index (χ0) is 13.3. The van der Waals surface area contributed by atoms with E-state index in [1.54, 1.807) is 14.2 Å². The van der Waals surface area contributed by atoms with Crippen molar-refractivity contribution in [2.45, 2.75) is 38.1 Å². The van der Waals surface area contributed by atoms with Crippen LogP contribution in [0.3, 0.4) is 0 Å². The van der Waals surface area contributed by atoms with Crippen LogP contribution in [0, 0.1) is 6.92 Å². The van der Waals surface area contributed by atoms with Crippen molar-refractivity contribution in [1.29, 1.82) is 0 Å². The molecule has 0 bridgehead atoms. The maximum absolute atomic E-state index is 6.54. The Labute approximate surface area is 117 Å². The van der Waals surface area contributed by atoms with Gasteiger partial charge in [-0.3, -0.25) is 0 Å². The minimum atomic E-state index is -0.259. The molecular weight excluding hydrogens is 294 g/mol. The van der Waals surface area contributed by atoms with Gasteiger partial charge in [0.05, 0.1) is 18.7 Å². The average Bonchev–Trinajstić information content (AvgIpc) is 2.77. The minimum Gasteiger partial charge on any atom is -0.496 e. The van der Waals surface area contributed by atoms with Gasteiger partial charge >= 0.3 is 0 Å². The quantitative estimate of drug-likeness (QED) is 0.928. The molecular formula is C14H20BrNO2. The Morgan fingerprint density at radius 3 is 2.22 bits per heavy atom. The Hall–Kier alpha value is -0.740. The molecule has 1 fully saturated rings. The van der Waals surface area contributed by atoms with Crippen molar-refractivity contribution in [3.05, 3.63) is 21.7 Å². The zero-order valence-electron chi connectivity index (χ0n) is 11.2. The second-order valence-electron chi connectivity index (χ2n) is 4.96. The van der Waals surface area contributed by atoms with E-state index in [1.165, 1.54) is 12.8 Å². The van der Waals surface area contributed by atoms with Gasteiger partial charge in [0.1, 0.15) is 11.5 Å². The predicted molar refractivity (Wildman–Crippen MR) is 76.3 cm³/mol. The number of nitrogens with two attached hydrogens (primary N) is 1. The number of rotatable bonds is 3. The highest BCUT2D eigenvalue weighted by atomic mass is 79.9. The molecule has 0 saturated heterocycles. The van der Waals surface area contributed by atoms with E-state index in [4.69, 9.17) is 15.2 Å². The molecule has 0 atom stereocenters. The Bertz CT molecular complexity index is 454. The molecule has 1 aliphatic carbocycles. The van der Waals surface area contributed by atoms with E-state index in [2.05, 4.69) is 22.0 Å². The van der Waals surface area contributed by atoms with Crippen molar-refractivity contribution in [2.75, 3.05) is 14.2 Å². The van der Waals surface area contributed by atoms with Gasteiger partial charge in [-0.25, -0.2) is 0 Å². The summed E-state index contributed by atoms with van der Waals surface area (Å²) in [6.45, 7) is 2.00. The lowest BCUT2D eigenvalue weighted by Gasteiger charge is -2.28. The van der Waals surface area contributed by atoms with Crippen LogP contribution in [-0.2, 0) is 5.54 Å². The normalized spacial score (nSPS) is 17.8. The maximum atomic E-state index is 6.54. The number of halogens is 1.